The molecule has 1 aromatic carbocycles. The van der Waals surface area contributed by atoms with Gasteiger partial charge in [0, 0.05) is 31.1 Å². The summed E-state index contributed by atoms with van der Waals surface area (Å²) in [6.45, 7) is 1.76. The fraction of sp³-hybridized carbons (Fsp3) is 0.292. The number of aromatic nitrogens is 3. The molecule has 0 spiro atoms. The van der Waals surface area contributed by atoms with Crippen molar-refractivity contribution in [1.82, 2.24) is 15.0 Å². The quantitative estimate of drug-likeness (QED) is 0.195. The lowest BCUT2D eigenvalue weighted by Crippen LogP contribution is -2.11. The molecule has 0 aliphatic heterocycles. The van der Waals surface area contributed by atoms with Gasteiger partial charge >= 0.3 is 6.18 Å². The summed E-state index contributed by atoms with van der Waals surface area (Å²) in [4.78, 5) is 37.8. The maximum atomic E-state index is 12.9. The zero-order chi connectivity index (χ0) is 27.2. The van der Waals surface area contributed by atoms with Crippen molar-refractivity contribution in [3.63, 3.8) is 0 Å². The van der Waals surface area contributed by atoms with Gasteiger partial charge < -0.3 is 10.4 Å². The highest BCUT2D eigenvalue weighted by atomic mass is 35.5. The summed E-state index contributed by atoms with van der Waals surface area (Å²) < 4.78 is 38.6. The van der Waals surface area contributed by atoms with Crippen LogP contribution in [0.5, 0.6) is 0 Å². The molecule has 2 heterocycles. The first-order valence-corrected chi connectivity index (χ1v) is 12.4. The maximum absolute atomic E-state index is 12.9. The normalized spacial score (nSPS) is 12.0. The number of nitrogens with zero attached hydrogens (tertiary/aromatic N) is 3. The average molecular weight is 571 g/mol. The number of thiazole rings is 1. The number of hydrogen-bond donors (Lipinski definition) is 2. The van der Waals surface area contributed by atoms with Crippen molar-refractivity contribution >= 4 is 51.9 Å². The summed E-state index contributed by atoms with van der Waals surface area (Å²) in [5.41, 5.74) is -0.684. The molecule has 2 N–H and O–H groups in total. The Balaban J connectivity index is 1.66. The number of amides is 1. The van der Waals surface area contributed by atoms with Crippen LogP contribution in [-0.2, 0) is 6.18 Å². The molecule has 0 aliphatic carbocycles. The molecule has 3 aromatic rings. The number of hydrogen-bond acceptors (Lipinski definition) is 7. The lowest BCUT2D eigenvalue weighted by Gasteiger charge is -2.10. The third kappa shape index (κ3) is 7.49. The Kier molecular flexibility index (Phi) is 9.62. The summed E-state index contributed by atoms with van der Waals surface area (Å²) in [6.07, 6.45) is -1.14. The van der Waals surface area contributed by atoms with Gasteiger partial charge in [-0.25, -0.2) is 15.0 Å². The molecule has 0 saturated heterocycles. The van der Waals surface area contributed by atoms with E-state index in [2.05, 4.69) is 32.1 Å². The van der Waals surface area contributed by atoms with Crippen LogP contribution in [0.25, 0.3) is 0 Å². The Morgan fingerprint density at radius 2 is 1.97 bits per heavy atom. The van der Waals surface area contributed by atoms with Crippen LogP contribution in [0, 0.1) is 11.8 Å². The van der Waals surface area contributed by atoms with Gasteiger partial charge in [-0.05, 0) is 30.5 Å². The molecular weight excluding hydrogens is 552 g/mol. The topological polar surface area (TPSA) is 105 Å². The number of rotatable bonds is 8. The van der Waals surface area contributed by atoms with Gasteiger partial charge in [-0.2, -0.15) is 13.2 Å². The van der Waals surface area contributed by atoms with E-state index < -0.39 is 22.7 Å². The number of carbonyl (C=O) groups excluding carboxylic acids is 2. The van der Waals surface area contributed by atoms with E-state index in [0.717, 1.165) is 29.5 Å². The minimum atomic E-state index is -4.61. The first kappa shape index (κ1) is 28.5. The highest BCUT2D eigenvalue weighted by Gasteiger charge is 2.33. The van der Waals surface area contributed by atoms with Crippen molar-refractivity contribution < 1.29 is 27.9 Å². The third-order valence-electron chi connectivity index (χ3n) is 4.91. The van der Waals surface area contributed by atoms with E-state index in [0.29, 0.717) is 17.8 Å². The van der Waals surface area contributed by atoms with Crippen LogP contribution in [0.15, 0.2) is 30.7 Å². The monoisotopic (exact) mass is 570 g/mol. The zero-order valence-corrected chi connectivity index (χ0v) is 21.5. The van der Waals surface area contributed by atoms with Gasteiger partial charge in [0.2, 0.25) is 0 Å². The fourth-order valence-electron chi connectivity index (χ4n) is 3.06. The van der Waals surface area contributed by atoms with Crippen LogP contribution >= 0.6 is 34.5 Å². The molecule has 0 aliphatic rings. The molecule has 194 valence electrons. The standard InChI is InChI=1S/C24H19Cl2F3N4O3S/c1-13(9-18(35)21-20(26)17(31-12-32-21)5-3-2-4-8-34)23-30-11-19(37-23)22(36)33-14-6-7-15(16(25)10-14)24(27,28)29/h6-7,10-13,34H,2,4,8-9H2,1H3,(H,33,36). The van der Waals surface area contributed by atoms with Crippen LogP contribution in [0.2, 0.25) is 10.0 Å². The molecule has 0 saturated carbocycles. The Morgan fingerprint density at radius 1 is 1.22 bits per heavy atom. The number of aliphatic hydroxyl groups excluding tert-OH is 1. The molecule has 0 bridgehead atoms. The van der Waals surface area contributed by atoms with Crippen molar-refractivity contribution in [2.45, 2.75) is 38.3 Å². The van der Waals surface area contributed by atoms with Crippen LogP contribution in [0.1, 0.15) is 68.5 Å². The second-order valence-electron chi connectivity index (χ2n) is 7.75. The summed E-state index contributed by atoms with van der Waals surface area (Å²) in [5, 5.41) is 11.3. The van der Waals surface area contributed by atoms with Gasteiger partial charge in [0.05, 0.1) is 21.8 Å². The SMILES string of the molecule is CC(CC(=O)c1ncnc(C#CCCCO)c1Cl)c1ncc(C(=O)Nc2ccc(C(F)(F)F)c(Cl)c2)s1. The largest absolute Gasteiger partial charge is 0.417 e. The molecule has 2 aromatic heterocycles. The van der Waals surface area contributed by atoms with Gasteiger partial charge in [-0.3, -0.25) is 9.59 Å². The van der Waals surface area contributed by atoms with E-state index in [1.165, 1.54) is 12.5 Å². The number of nitrogens with one attached hydrogen (secondary N) is 1. The highest BCUT2D eigenvalue weighted by molar-refractivity contribution is 7.13. The summed E-state index contributed by atoms with van der Waals surface area (Å²) >= 11 is 13.0. The molecule has 0 radical (unpaired) electrons. The number of unbranched alkanes of at least 4 members (excludes halogenated alkanes) is 1. The lowest BCUT2D eigenvalue weighted by molar-refractivity contribution is -0.137. The summed E-state index contributed by atoms with van der Waals surface area (Å²) in [5.74, 6) is 4.25. The first-order chi connectivity index (χ1) is 17.5. The number of ketones is 1. The van der Waals surface area contributed by atoms with Crippen LogP contribution in [0.4, 0.5) is 18.9 Å². The predicted molar refractivity (Wildman–Crippen MR) is 134 cm³/mol. The van der Waals surface area contributed by atoms with Crippen LogP contribution < -0.4 is 5.32 Å². The Bertz CT molecular complexity index is 1370. The van der Waals surface area contributed by atoms with Crippen molar-refractivity contribution in [2.24, 2.45) is 0 Å². The van der Waals surface area contributed by atoms with Crippen molar-refractivity contribution in [1.29, 1.82) is 0 Å². The molecule has 13 heteroatoms. The molecule has 1 atom stereocenters. The summed E-state index contributed by atoms with van der Waals surface area (Å²) in [7, 11) is 0. The van der Waals surface area contributed by atoms with E-state index >= 15 is 0 Å². The van der Waals surface area contributed by atoms with E-state index in [9.17, 15) is 22.8 Å². The van der Waals surface area contributed by atoms with Gasteiger partial charge in [0.1, 0.15) is 27.6 Å². The number of alkyl halides is 3. The number of aliphatic hydroxyl groups is 1. The smallest absolute Gasteiger partial charge is 0.396 e. The summed E-state index contributed by atoms with van der Waals surface area (Å²) in [6, 6.07) is 2.91. The molecule has 1 unspecified atom stereocenters. The van der Waals surface area contributed by atoms with Crippen LogP contribution in [0.3, 0.4) is 0 Å². The van der Waals surface area contributed by atoms with Crippen molar-refractivity contribution in [2.75, 3.05) is 11.9 Å². The van der Waals surface area contributed by atoms with Crippen molar-refractivity contribution in [3.8, 4) is 11.8 Å². The molecule has 37 heavy (non-hydrogen) atoms. The highest BCUT2D eigenvalue weighted by Crippen LogP contribution is 2.36. The minimum Gasteiger partial charge on any atom is -0.396 e. The number of carbonyl (C=O) groups is 2. The van der Waals surface area contributed by atoms with E-state index in [1.807, 2.05) is 0 Å². The molecule has 1 amide bonds. The predicted octanol–water partition coefficient (Wildman–Crippen LogP) is 6.01. The van der Waals surface area contributed by atoms with E-state index in [1.54, 1.807) is 6.92 Å². The molecule has 3 rings (SSSR count). The van der Waals surface area contributed by atoms with E-state index in [-0.39, 0.29) is 51.7 Å². The van der Waals surface area contributed by atoms with E-state index in [4.69, 9.17) is 28.3 Å². The Labute approximate surface area is 224 Å². The minimum absolute atomic E-state index is 0.00278. The first-order valence-electron chi connectivity index (χ1n) is 10.8. The molecular formula is C24H19Cl2F3N4O3S. The molecule has 7 nitrogen and oxygen atoms in total. The molecule has 0 fully saturated rings. The number of benzene rings is 1. The second-order valence-corrected chi connectivity index (χ2v) is 9.60. The zero-order valence-electron chi connectivity index (χ0n) is 19.2. The third-order valence-corrected chi connectivity index (χ3v) is 6.81. The van der Waals surface area contributed by atoms with Crippen LogP contribution in [-0.4, -0.2) is 38.4 Å². The fourth-order valence-corrected chi connectivity index (χ4v) is 4.47. The Morgan fingerprint density at radius 3 is 2.65 bits per heavy atom. The van der Waals surface area contributed by atoms with Gasteiger partial charge in [-0.15, -0.1) is 11.3 Å². The average Bonchev–Trinajstić information content (AvgIpc) is 3.33. The maximum Gasteiger partial charge on any atom is 0.417 e. The number of Topliss-reactive ketones (excluding diaryl/α,β-unsaturated/α-hetero) is 1. The number of halogens is 5. The second kappa shape index (κ2) is 12.5. The van der Waals surface area contributed by atoms with Crippen molar-refractivity contribution in [3.05, 3.63) is 67.6 Å². The number of anilines is 1. The Hall–Kier alpha value is -3.04. The van der Waals surface area contributed by atoms with Gasteiger partial charge in [0.15, 0.2) is 5.78 Å². The lowest BCUT2D eigenvalue weighted by atomic mass is 10.0. The van der Waals surface area contributed by atoms with Gasteiger partial charge in [-0.1, -0.05) is 36.0 Å². The van der Waals surface area contributed by atoms with Gasteiger partial charge in [0.25, 0.3) is 5.91 Å².